The number of anilines is 1. The molecule has 2 rings (SSSR count). The highest BCUT2D eigenvalue weighted by atomic mass is 32.1. The van der Waals surface area contributed by atoms with Gasteiger partial charge >= 0.3 is 6.03 Å². The van der Waals surface area contributed by atoms with Crippen molar-refractivity contribution < 1.29 is 14.4 Å². The van der Waals surface area contributed by atoms with E-state index in [0.29, 0.717) is 0 Å². The lowest BCUT2D eigenvalue weighted by Crippen LogP contribution is -2.49. The molecule has 122 valence electrons. The largest absolute Gasteiger partial charge is 0.331 e. The van der Waals surface area contributed by atoms with E-state index in [0.717, 1.165) is 10.6 Å². The fraction of sp³-hybridized carbons (Fsp3) is 0.286. The number of thiocarbonyl (C=S) groups is 1. The third kappa shape index (κ3) is 4.16. The number of hydrogen-bond acceptors (Lipinski definition) is 4. The van der Waals surface area contributed by atoms with Crippen LogP contribution in [-0.2, 0) is 9.59 Å². The summed E-state index contributed by atoms with van der Waals surface area (Å²) in [5.41, 5.74) is 4.59. The first-order valence-electron chi connectivity index (χ1n) is 6.84. The number of amides is 4. The number of urea groups is 1. The van der Waals surface area contributed by atoms with Crippen LogP contribution in [0.3, 0.4) is 0 Å². The molecular formula is C14H17N5O3S. The van der Waals surface area contributed by atoms with Crippen LogP contribution in [0.25, 0.3) is 0 Å². The van der Waals surface area contributed by atoms with E-state index >= 15 is 0 Å². The van der Waals surface area contributed by atoms with Crippen LogP contribution in [0.2, 0.25) is 0 Å². The Labute approximate surface area is 138 Å². The van der Waals surface area contributed by atoms with Gasteiger partial charge in [0, 0.05) is 5.69 Å². The molecule has 1 saturated heterocycles. The van der Waals surface area contributed by atoms with Crippen molar-refractivity contribution in [2.24, 2.45) is 0 Å². The molecule has 0 radical (unpaired) electrons. The van der Waals surface area contributed by atoms with Crippen LogP contribution >= 0.6 is 12.2 Å². The summed E-state index contributed by atoms with van der Waals surface area (Å²) in [6.45, 7) is 2.75. The predicted octanol–water partition coefficient (Wildman–Crippen LogP) is 0.335. The molecule has 23 heavy (non-hydrogen) atoms. The van der Waals surface area contributed by atoms with E-state index in [4.69, 9.17) is 12.2 Å². The maximum atomic E-state index is 12.0. The van der Waals surface area contributed by atoms with Crippen molar-refractivity contribution in [3.63, 3.8) is 0 Å². The molecule has 1 aromatic rings. The Morgan fingerprint density at radius 3 is 2.43 bits per heavy atom. The van der Waals surface area contributed by atoms with Crippen LogP contribution < -0.4 is 21.5 Å². The van der Waals surface area contributed by atoms with Crippen molar-refractivity contribution in [2.75, 3.05) is 11.9 Å². The third-order valence-corrected chi connectivity index (χ3v) is 3.30. The van der Waals surface area contributed by atoms with E-state index in [1.54, 1.807) is 13.8 Å². The molecule has 1 heterocycles. The summed E-state index contributed by atoms with van der Waals surface area (Å²) in [7, 11) is 0. The van der Waals surface area contributed by atoms with E-state index in [-0.39, 0.29) is 5.11 Å². The number of benzene rings is 1. The predicted molar refractivity (Wildman–Crippen MR) is 88.3 cm³/mol. The van der Waals surface area contributed by atoms with Gasteiger partial charge in [-0.2, -0.15) is 0 Å². The maximum Gasteiger partial charge on any atom is 0.325 e. The summed E-state index contributed by atoms with van der Waals surface area (Å²) in [4.78, 5) is 36.3. The minimum Gasteiger partial charge on any atom is -0.331 e. The Kier molecular flexibility index (Phi) is 4.80. The molecule has 0 spiro atoms. The maximum absolute atomic E-state index is 12.0. The number of carbonyl (C=O) groups is 3. The molecule has 1 aliphatic rings. The van der Waals surface area contributed by atoms with Crippen LogP contribution in [-0.4, -0.2) is 39.9 Å². The fourth-order valence-electron chi connectivity index (χ4n) is 1.95. The number of hydrogen-bond donors (Lipinski definition) is 4. The van der Waals surface area contributed by atoms with Crippen LogP contribution in [0.1, 0.15) is 13.8 Å². The highest BCUT2D eigenvalue weighted by molar-refractivity contribution is 7.80. The number of hydrazine groups is 1. The van der Waals surface area contributed by atoms with Gasteiger partial charge < -0.3 is 10.6 Å². The first-order valence-corrected chi connectivity index (χ1v) is 7.25. The quantitative estimate of drug-likeness (QED) is 0.361. The van der Waals surface area contributed by atoms with Crippen molar-refractivity contribution in [2.45, 2.75) is 19.4 Å². The molecule has 0 aromatic heterocycles. The molecule has 0 saturated carbocycles. The number of rotatable bonds is 3. The highest BCUT2D eigenvalue weighted by Crippen LogP contribution is 2.15. The molecule has 1 aromatic carbocycles. The number of para-hydroxylation sites is 1. The molecule has 1 fully saturated rings. The summed E-state index contributed by atoms with van der Waals surface area (Å²) >= 11 is 5.02. The van der Waals surface area contributed by atoms with Gasteiger partial charge in [0.1, 0.15) is 12.1 Å². The molecule has 9 heteroatoms. The third-order valence-electron chi connectivity index (χ3n) is 3.09. The number of imide groups is 1. The molecule has 4 N–H and O–H groups in total. The molecule has 0 atom stereocenters. The van der Waals surface area contributed by atoms with Crippen molar-refractivity contribution in [1.82, 2.24) is 21.1 Å². The smallest absolute Gasteiger partial charge is 0.325 e. The Bertz CT molecular complexity index is 647. The lowest BCUT2D eigenvalue weighted by atomic mass is 10.1. The summed E-state index contributed by atoms with van der Waals surface area (Å²) in [6, 6.07) is 8.56. The van der Waals surface area contributed by atoms with Crippen molar-refractivity contribution in [3.05, 3.63) is 30.3 Å². The Morgan fingerprint density at radius 1 is 1.22 bits per heavy atom. The van der Waals surface area contributed by atoms with E-state index < -0.39 is 29.9 Å². The average molecular weight is 335 g/mol. The van der Waals surface area contributed by atoms with Gasteiger partial charge in [-0.25, -0.2) is 4.79 Å². The summed E-state index contributed by atoms with van der Waals surface area (Å²) in [5.74, 6) is -1.02. The summed E-state index contributed by atoms with van der Waals surface area (Å²) < 4.78 is 0. The topological polar surface area (TPSA) is 103 Å². The Morgan fingerprint density at radius 2 is 1.87 bits per heavy atom. The van der Waals surface area contributed by atoms with Gasteiger partial charge in [0.15, 0.2) is 5.11 Å². The van der Waals surface area contributed by atoms with Gasteiger partial charge in [-0.1, -0.05) is 18.2 Å². The Balaban J connectivity index is 1.80. The second-order valence-corrected chi connectivity index (χ2v) is 5.85. The van der Waals surface area contributed by atoms with Gasteiger partial charge in [0.2, 0.25) is 0 Å². The monoisotopic (exact) mass is 335 g/mol. The molecule has 1 aliphatic heterocycles. The molecule has 0 bridgehead atoms. The van der Waals surface area contributed by atoms with Gasteiger partial charge in [0.05, 0.1) is 0 Å². The van der Waals surface area contributed by atoms with E-state index in [2.05, 4.69) is 21.5 Å². The second kappa shape index (κ2) is 6.61. The average Bonchev–Trinajstić information content (AvgIpc) is 2.68. The first-order chi connectivity index (χ1) is 10.8. The minimum atomic E-state index is -1.01. The number of nitrogens with zero attached hydrogens (tertiary/aromatic N) is 1. The molecule has 4 amide bonds. The second-order valence-electron chi connectivity index (χ2n) is 5.44. The number of carbonyl (C=O) groups excluding carboxylic acids is 3. The van der Waals surface area contributed by atoms with Gasteiger partial charge in [0.25, 0.3) is 11.8 Å². The molecule has 0 aliphatic carbocycles. The number of nitrogens with one attached hydrogen (secondary N) is 4. The van der Waals surface area contributed by atoms with Gasteiger partial charge in [-0.3, -0.25) is 25.3 Å². The van der Waals surface area contributed by atoms with Crippen LogP contribution in [0.5, 0.6) is 0 Å². The van der Waals surface area contributed by atoms with Crippen molar-refractivity contribution in [3.8, 4) is 0 Å². The summed E-state index contributed by atoms with van der Waals surface area (Å²) in [6.07, 6.45) is 0. The van der Waals surface area contributed by atoms with E-state index in [1.165, 1.54) is 0 Å². The first kappa shape index (κ1) is 16.7. The molecular weight excluding hydrogens is 318 g/mol. The molecule has 8 nitrogen and oxygen atoms in total. The highest BCUT2D eigenvalue weighted by Gasteiger charge is 2.44. The fourth-order valence-corrected chi connectivity index (χ4v) is 2.12. The van der Waals surface area contributed by atoms with Crippen molar-refractivity contribution in [1.29, 1.82) is 0 Å². The van der Waals surface area contributed by atoms with Crippen molar-refractivity contribution >= 4 is 40.9 Å². The standard InChI is InChI=1S/C14H17N5O3S/c1-14(2)11(21)19(13(22)16-14)8-10(20)17-18-12(23)15-9-6-4-3-5-7-9/h3-7H,8H2,1-2H3,(H,16,22)(H,17,20)(H2,15,18,23). The van der Waals surface area contributed by atoms with E-state index in [9.17, 15) is 14.4 Å². The molecule has 0 unspecified atom stereocenters. The summed E-state index contributed by atoms with van der Waals surface area (Å²) in [5, 5.41) is 5.54. The van der Waals surface area contributed by atoms with E-state index in [1.807, 2.05) is 30.3 Å². The van der Waals surface area contributed by atoms with Crippen LogP contribution in [0.4, 0.5) is 10.5 Å². The SMILES string of the molecule is CC1(C)NC(=O)N(CC(=O)NNC(=S)Nc2ccccc2)C1=O. The lowest BCUT2D eigenvalue weighted by molar-refractivity contribution is -0.134. The van der Waals surface area contributed by atoms with Gasteiger partial charge in [-0.15, -0.1) is 0 Å². The normalized spacial score (nSPS) is 15.8. The van der Waals surface area contributed by atoms with Crippen LogP contribution in [0.15, 0.2) is 30.3 Å². The van der Waals surface area contributed by atoms with Gasteiger partial charge in [-0.05, 0) is 38.2 Å². The zero-order valence-electron chi connectivity index (χ0n) is 12.7. The Hall–Kier alpha value is -2.68. The minimum absolute atomic E-state index is 0.182. The lowest BCUT2D eigenvalue weighted by Gasteiger charge is -2.16. The van der Waals surface area contributed by atoms with Crippen LogP contribution in [0, 0.1) is 0 Å². The zero-order valence-corrected chi connectivity index (χ0v) is 13.5. The zero-order chi connectivity index (χ0) is 17.0.